The minimum absolute atomic E-state index is 0.0463. The van der Waals surface area contributed by atoms with E-state index in [2.05, 4.69) is 9.89 Å². The van der Waals surface area contributed by atoms with Crippen molar-refractivity contribution in [3.63, 3.8) is 0 Å². The Morgan fingerprint density at radius 3 is 2.68 bits per heavy atom. The lowest BCUT2D eigenvalue weighted by Gasteiger charge is -2.12. The molecule has 0 fully saturated rings. The second-order valence-electron chi connectivity index (χ2n) is 3.35. The lowest BCUT2D eigenvalue weighted by atomic mass is 10.2. The van der Waals surface area contributed by atoms with Crippen molar-refractivity contribution < 1.29 is 27.9 Å². The molecule has 0 aliphatic heterocycles. The number of benzene rings is 1. The standard InChI is InChI=1S/C10H10ClF3N2O3/c11-6-1-2-7(9(15)16-17)8(3-6)19-5-18-4-10(12,13)14/h1-3,17H,4-5H2,(H2,15,16). The van der Waals surface area contributed by atoms with Gasteiger partial charge in [-0.2, -0.15) is 13.2 Å². The fourth-order valence-corrected chi connectivity index (χ4v) is 1.31. The Kier molecular flexibility index (Phi) is 5.25. The zero-order valence-electron chi connectivity index (χ0n) is 9.45. The van der Waals surface area contributed by atoms with E-state index in [1.165, 1.54) is 18.2 Å². The third-order valence-corrected chi connectivity index (χ3v) is 2.13. The Hall–Kier alpha value is -1.67. The van der Waals surface area contributed by atoms with Gasteiger partial charge in [-0.3, -0.25) is 0 Å². The number of hydrogen-bond acceptors (Lipinski definition) is 4. The lowest BCUT2D eigenvalue weighted by Crippen LogP contribution is -2.20. The molecular weight excluding hydrogens is 289 g/mol. The summed E-state index contributed by atoms with van der Waals surface area (Å²) in [5.74, 6) is -0.215. The van der Waals surface area contributed by atoms with Crippen molar-refractivity contribution in [3.05, 3.63) is 28.8 Å². The van der Waals surface area contributed by atoms with E-state index >= 15 is 0 Å². The minimum Gasteiger partial charge on any atom is -0.467 e. The van der Waals surface area contributed by atoms with Gasteiger partial charge in [0.2, 0.25) is 0 Å². The third kappa shape index (κ3) is 5.23. The molecule has 1 aromatic carbocycles. The molecule has 0 aromatic heterocycles. The fourth-order valence-electron chi connectivity index (χ4n) is 1.14. The quantitative estimate of drug-likeness (QED) is 0.218. The van der Waals surface area contributed by atoms with Gasteiger partial charge >= 0.3 is 6.18 Å². The van der Waals surface area contributed by atoms with Crippen LogP contribution in [0.1, 0.15) is 5.56 Å². The summed E-state index contributed by atoms with van der Waals surface area (Å²) in [6.45, 7) is -2.09. The Morgan fingerprint density at radius 2 is 2.11 bits per heavy atom. The number of hydrogen-bond donors (Lipinski definition) is 2. The number of rotatable bonds is 5. The molecule has 0 saturated heterocycles. The SMILES string of the molecule is N/C(=N/O)c1ccc(Cl)cc1OCOCC(F)(F)F. The van der Waals surface area contributed by atoms with Gasteiger partial charge in [-0.05, 0) is 18.2 Å². The van der Waals surface area contributed by atoms with E-state index in [-0.39, 0.29) is 22.2 Å². The number of halogens is 4. The molecule has 0 unspecified atom stereocenters. The Labute approximate surface area is 111 Å². The highest BCUT2D eigenvalue weighted by Gasteiger charge is 2.27. The van der Waals surface area contributed by atoms with Gasteiger partial charge in [-0.25, -0.2) is 0 Å². The van der Waals surface area contributed by atoms with Crippen molar-refractivity contribution in [2.75, 3.05) is 13.4 Å². The van der Waals surface area contributed by atoms with Crippen molar-refractivity contribution in [3.8, 4) is 5.75 Å². The molecular formula is C10H10ClF3N2O3. The van der Waals surface area contributed by atoms with E-state index < -0.39 is 19.6 Å². The van der Waals surface area contributed by atoms with Gasteiger partial charge in [0.25, 0.3) is 0 Å². The summed E-state index contributed by atoms with van der Waals surface area (Å²) in [6.07, 6.45) is -4.44. The van der Waals surface area contributed by atoms with Gasteiger partial charge in [-0.1, -0.05) is 16.8 Å². The molecule has 0 bridgehead atoms. The molecule has 5 nitrogen and oxygen atoms in total. The number of alkyl halides is 3. The Balaban J connectivity index is 2.69. The summed E-state index contributed by atoms with van der Waals surface area (Å²) in [6, 6.07) is 4.17. The number of ether oxygens (including phenoxy) is 2. The normalized spacial score (nSPS) is 12.5. The molecule has 106 valence electrons. The first kappa shape index (κ1) is 15.4. The van der Waals surface area contributed by atoms with Crippen molar-refractivity contribution in [1.82, 2.24) is 0 Å². The van der Waals surface area contributed by atoms with Crippen LogP contribution in [0.2, 0.25) is 5.02 Å². The average Bonchev–Trinajstić information content (AvgIpc) is 2.33. The van der Waals surface area contributed by atoms with Crippen LogP contribution >= 0.6 is 11.6 Å². The average molecular weight is 299 g/mol. The topological polar surface area (TPSA) is 77.1 Å². The van der Waals surface area contributed by atoms with Crippen LogP contribution in [0.4, 0.5) is 13.2 Å². The Bertz CT molecular complexity index is 466. The van der Waals surface area contributed by atoms with E-state index in [0.717, 1.165) is 0 Å². The molecule has 3 N–H and O–H groups in total. The molecule has 1 rings (SSSR count). The minimum atomic E-state index is -4.44. The smallest absolute Gasteiger partial charge is 0.411 e. The zero-order chi connectivity index (χ0) is 14.5. The summed E-state index contributed by atoms with van der Waals surface area (Å²) >= 11 is 5.71. The number of nitrogens with zero attached hydrogens (tertiary/aromatic N) is 1. The van der Waals surface area contributed by atoms with Crippen LogP contribution in [0.25, 0.3) is 0 Å². The maximum Gasteiger partial charge on any atom is 0.411 e. The number of amidine groups is 1. The van der Waals surface area contributed by atoms with E-state index in [9.17, 15) is 13.2 Å². The molecule has 0 aliphatic carbocycles. The summed E-state index contributed by atoms with van der Waals surface area (Å²) in [5, 5.41) is 11.6. The zero-order valence-corrected chi connectivity index (χ0v) is 10.2. The van der Waals surface area contributed by atoms with Crippen molar-refractivity contribution in [2.24, 2.45) is 10.9 Å². The Morgan fingerprint density at radius 1 is 1.42 bits per heavy atom. The lowest BCUT2D eigenvalue weighted by molar-refractivity contribution is -0.186. The van der Waals surface area contributed by atoms with Gasteiger partial charge in [0.15, 0.2) is 12.6 Å². The highest BCUT2D eigenvalue weighted by Crippen LogP contribution is 2.23. The molecule has 0 atom stereocenters. The second kappa shape index (κ2) is 6.48. The van der Waals surface area contributed by atoms with Crippen molar-refractivity contribution in [2.45, 2.75) is 6.18 Å². The first-order valence-electron chi connectivity index (χ1n) is 4.88. The predicted molar refractivity (Wildman–Crippen MR) is 61.5 cm³/mol. The van der Waals surface area contributed by atoms with Crippen LogP contribution in [0.15, 0.2) is 23.4 Å². The summed E-state index contributed by atoms with van der Waals surface area (Å²) in [5.41, 5.74) is 5.56. The van der Waals surface area contributed by atoms with E-state index in [1.54, 1.807) is 0 Å². The molecule has 1 aromatic rings. The molecule has 0 aliphatic rings. The van der Waals surface area contributed by atoms with Crippen LogP contribution in [-0.4, -0.2) is 30.6 Å². The number of nitrogens with two attached hydrogens (primary N) is 1. The van der Waals surface area contributed by atoms with E-state index in [4.69, 9.17) is 27.3 Å². The van der Waals surface area contributed by atoms with Crippen LogP contribution in [-0.2, 0) is 4.74 Å². The molecule has 0 radical (unpaired) electrons. The van der Waals surface area contributed by atoms with Crippen LogP contribution in [0.3, 0.4) is 0 Å². The van der Waals surface area contributed by atoms with Crippen LogP contribution in [0, 0.1) is 0 Å². The molecule has 19 heavy (non-hydrogen) atoms. The van der Waals surface area contributed by atoms with Crippen LogP contribution in [0.5, 0.6) is 5.75 Å². The predicted octanol–water partition coefficient (Wildman–Crippen LogP) is 2.35. The highest BCUT2D eigenvalue weighted by molar-refractivity contribution is 6.30. The van der Waals surface area contributed by atoms with Crippen molar-refractivity contribution in [1.29, 1.82) is 0 Å². The van der Waals surface area contributed by atoms with E-state index in [1.807, 2.05) is 0 Å². The summed E-state index contributed by atoms with van der Waals surface area (Å²) < 4.78 is 44.7. The maximum absolute atomic E-state index is 11.8. The number of oxime groups is 1. The monoisotopic (exact) mass is 298 g/mol. The van der Waals surface area contributed by atoms with Gasteiger partial charge < -0.3 is 20.4 Å². The van der Waals surface area contributed by atoms with Gasteiger partial charge in [0.1, 0.15) is 12.4 Å². The second-order valence-corrected chi connectivity index (χ2v) is 3.79. The first-order chi connectivity index (χ1) is 8.83. The highest BCUT2D eigenvalue weighted by atomic mass is 35.5. The van der Waals surface area contributed by atoms with Gasteiger partial charge in [0, 0.05) is 5.02 Å². The summed E-state index contributed by atoms with van der Waals surface area (Å²) in [4.78, 5) is 0. The molecule has 0 spiro atoms. The third-order valence-electron chi connectivity index (χ3n) is 1.89. The maximum atomic E-state index is 11.8. The van der Waals surface area contributed by atoms with E-state index in [0.29, 0.717) is 0 Å². The molecule has 9 heteroatoms. The first-order valence-corrected chi connectivity index (χ1v) is 5.26. The van der Waals surface area contributed by atoms with Crippen molar-refractivity contribution >= 4 is 17.4 Å². The largest absolute Gasteiger partial charge is 0.467 e. The fraction of sp³-hybridized carbons (Fsp3) is 0.300. The van der Waals surface area contributed by atoms with Gasteiger partial charge in [-0.15, -0.1) is 0 Å². The molecule has 0 amide bonds. The summed E-state index contributed by atoms with van der Waals surface area (Å²) in [7, 11) is 0. The molecule has 0 heterocycles. The van der Waals surface area contributed by atoms with Crippen LogP contribution < -0.4 is 10.5 Å². The molecule has 0 saturated carbocycles. The van der Waals surface area contributed by atoms with Gasteiger partial charge in [0.05, 0.1) is 5.56 Å².